The van der Waals surface area contributed by atoms with Crippen LogP contribution >= 0.6 is 0 Å². The standard InChI is InChI=1S/C19H33NO/c1-18-9-3-4-13(18)12-5-6-15-17(20)16(21)8-11-19(15,2)14(12)7-10-18/h12-17,21H,3-11,20H2,1-2H3/t12?,13-,14-,15-,16?,17+,18-,19+/m0/s1. The van der Waals surface area contributed by atoms with Gasteiger partial charge in [-0.25, -0.2) is 0 Å². The maximum Gasteiger partial charge on any atom is 0.0694 e. The van der Waals surface area contributed by atoms with Crippen molar-refractivity contribution < 1.29 is 5.11 Å². The predicted octanol–water partition coefficient (Wildman–Crippen LogP) is 3.72. The van der Waals surface area contributed by atoms with E-state index in [4.69, 9.17) is 5.73 Å². The van der Waals surface area contributed by atoms with Crippen molar-refractivity contribution in [2.45, 2.75) is 83.8 Å². The molecular weight excluding hydrogens is 258 g/mol. The highest BCUT2D eigenvalue weighted by atomic mass is 16.3. The molecule has 0 radical (unpaired) electrons. The fourth-order valence-electron chi connectivity index (χ4n) is 7.40. The number of rotatable bonds is 0. The third-order valence-electron chi connectivity index (χ3n) is 8.61. The number of nitrogens with two attached hydrogens (primary N) is 1. The molecule has 0 spiro atoms. The average Bonchev–Trinajstić information content (AvgIpc) is 2.85. The van der Waals surface area contributed by atoms with Gasteiger partial charge in [0.1, 0.15) is 0 Å². The van der Waals surface area contributed by atoms with Gasteiger partial charge in [-0.1, -0.05) is 20.3 Å². The minimum atomic E-state index is -0.250. The molecular formula is C19H33NO. The van der Waals surface area contributed by atoms with E-state index < -0.39 is 0 Å². The van der Waals surface area contributed by atoms with Crippen LogP contribution in [0.5, 0.6) is 0 Å². The second kappa shape index (κ2) is 4.71. The normalized spacial score (nSPS) is 60.0. The van der Waals surface area contributed by atoms with Crippen LogP contribution < -0.4 is 5.73 Å². The van der Waals surface area contributed by atoms with Gasteiger partial charge in [-0.05, 0) is 85.9 Å². The summed E-state index contributed by atoms with van der Waals surface area (Å²) >= 11 is 0. The smallest absolute Gasteiger partial charge is 0.0694 e. The van der Waals surface area contributed by atoms with Crippen LogP contribution in [0.15, 0.2) is 0 Å². The molecule has 2 heteroatoms. The topological polar surface area (TPSA) is 46.2 Å². The number of aliphatic hydroxyl groups excluding tert-OH is 1. The summed E-state index contributed by atoms with van der Waals surface area (Å²) in [4.78, 5) is 0. The van der Waals surface area contributed by atoms with Gasteiger partial charge in [-0.3, -0.25) is 0 Å². The van der Waals surface area contributed by atoms with Crippen molar-refractivity contribution in [1.82, 2.24) is 0 Å². The van der Waals surface area contributed by atoms with E-state index in [1.165, 1.54) is 51.4 Å². The number of fused-ring (bicyclic) bond motifs is 5. The maximum absolute atomic E-state index is 10.2. The lowest BCUT2D eigenvalue weighted by Gasteiger charge is -2.61. The molecule has 4 saturated carbocycles. The van der Waals surface area contributed by atoms with E-state index in [-0.39, 0.29) is 12.1 Å². The Balaban J connectivity index is 1.64. The van der Waals surface area contributed by atoms with Crippen molar-refractivity contribution >= 4 is 0 Å². The summed E-state index contributed by atoms with van der Waals surface area (Å²) in [5.41, 5.74) is 7.48. The molecule has 0 aromatic heterocycles. The molecule has 0 bridgehead atoms. The minimum absolute atomic E-state index is 0.0292. The van der Waals surface area contributed by atoms with Crippen molar-refractivity contribution in [1.29, 1.82) is 0 Å². The monoisotopic (exact) mass is 291 g/mol. The van der Waals surface area contributed by atoms with Gasteiger partial charge in [-0.15, -0.1) is 0 Å². The Labute approximate surface area is 129 Å². The summed E-state index contributed by atoms with van der Waals surface area (Å²) in [5, 5.41) is 10.2. The van der Waals surface area contributed by atoms with Gasteiger partial charge in [0.25, 0.3) is 0 Å². The summed E-state index contributed by atoms with van der Waals surface area (Å²) < 4.78 is 0. The van der Waals surface area contributed by atoms with Crippen molar-refractivity contribution in [2.75, 3.05) is 0 Å². The van der Waals surface area contributed by atoms with E-state index in [0.717, 1.165) is 24.2 Å². The van der Waals surface area contributed by atoms with Gasteiger partial charge in [0.15, 0.2) is 0 Å². The van der Waals surface area contributed by atoms with E-state index in [9.17, 15) is 5.11 Å². The lowest BCUT2D eigenvalue weighted by atomic mass is 9.44. The SMILES string of the molecule is C[C@@]12CCC[C@H]1C1CC[C@H]3[C@@H](N)C(O)CC[C@]3(C)[C@H]1CC2. The van der Waals surface area contributed by atoms with Crippen LogP contribution in [0, 0.1) is 34.5 Å². The van der Waals surface area contributed by atoms with Crippen LogP contribution in [0.4, 0.5) is 0 Å². The highest BCUT2D eigenvalue weighted by Gasteiger charge is 2.59. The van der Waals surface area contributed by atoms with Crippen molar-refractivity contribution in [2.24, 2.45) is 40.2 Å². The van der Waals surface area contributed by atoms with Crippen LogP contribution in [-0.2, 0) is 0 Å². The number of hydrogen-bond donors (Lipinski definition) is 2. The molecule has 4 aliphatic carbocycles. The van der Waals surface area contributed by atoms with Gasteiger partial charge in [0, 0.05) is 6.04 Å². The zero-order chi connectivity index (χ0) is 14.8. The van der Waals surface area contributed by atoms with Crippen LogP contribution in [0.3, 0.4) is 0 Å². The molecule has 4 fully saturated rings. The molecule has 0 aromatic carbocycles. The van der Waals surface area contributed by atoms with E-state index in [1.807, 2.05) is 0 Å². The van der Waals surface area contributed by atoms with Crippen LogP contribution in [0.2, 0.25) is 0 Å². The van der Waals surface area contributed by atoms with Crippen molar-refractivity contribution in [3.63, 3.8) is 0 Å². The Hall–Kier alpha value is -0.0800. The van der Waals surface area contributed by atoms with Gasteiger partial charge in [0.05, 0.1) is 6.10 Å². The summed E-state index contributed by atoms with van der Waals surface area (Å²) in [6.07, 6.45) is 11.8. The first-order chi connectivity index (χ1) is 9.96. The lowest BCUT2D eigenvalue weighted by Crippen LogP contribution is -2.60. The fourth-order valence-corrected chi connectivity index (χ4v) is 7.40. The zero-order valence-corrected chi connectivity index (χ0v) is 13.9. The van der Waals surface area contributed by atoms with Gasteiger partial charge in [0.2, 0.25) is 0 Å². The third kappa shape index (κ3) is 1.91. The summed E-state index contributed by atoms with van der Waals surface area (Å²) in [7, 11) is 0. The predicted molar refractivity (Wildman–Crippen MR) is 85.7 cm³/mol. The van der Waals surface area contributed by atoms with Crippen LogP contribution in [0.1, 0.15) is 71.6 Å². The molecule has 4 rings (SSSR count). The Kier molecular flexibility index (Phi) is 3.25. The molecule has 2 unspecified atom stereocenters. The quantitative estimate of drug-likeness (QED) is 0.714. The van der Waals surface area contributed by atoms with E-state index in [1.54, 1.807) is 0 Å². The van der Waals surface area contributed by atoms with Crippen molar-refractivity contribution in [3.05, 3.63) is 0 Å². The Morgan fingerprint density at radius 1 is 0.857 bits per heavy atom. The highest BCUT2D eigenvalue weighted by Crippen LogP contribution is 2.65. The summed E-state index contributed by atoms with van der Waals surface area (Å²) in [5.74, 6) is 3.38. The summed E-state index contributed by atoms with van der Waals surface area (Å²) in [6.45, 7) is 5.10. The van der Waals surface area contributed by atoms with Crippen molar-refractivity contribution in [3.8, 4) is 0 Å². The van der Waals surface area contributed by atoms with Gasteiger partial charge >= 0.3 is 0 Å². The highest BCUT2D eigenvalue weighted by molar-refractivity contribution is 5.09. The second-order valence-corrected chi connectivity index (χ2v) is 9.33. The molecule has 4 aliphatic rings. The molecule has 2 nitrogen and oxygen atoms in total. The van der Waals surface area contributed by atoms with E-state index >= 15 is 0 Å². The zero-order valence-electron chi connectivity index (χ0n) is 13.9. The first-order valence-corrected chi connectivity index (χ1v) is 9.39. The molecule has 8 atom stereocenters. The third-order valence-corrected chi connectivity index (χ3v) is 8.61. The summed E-state index contributed by atoms with van der Waals surface area (Å²) in [6, 6.07) is 0.0292. The maximum atomic E-state index is 10.2. The average molecular weight is 291 g/mol. The fraction of sp³-hybridized carbons (Fsp3) is 1.00. The molecule has 0 aromatic rings. The molecule has 0 heterocycles. The Morgan fingerprint density at radius 2 is 1.67 bits per heavy atom. The van der Waals surface area contributed by atoms with Crippen LogP contribution in [-0.4, -0.2) is 17.3 Å². The van der Waals surface area contributed by atoms with Gasteiger partial charge in [-0.2, -0.15) is 0 Å². The Bertz CT molecular complexity index is 424. The van der Waals surface area contributed by atoms with Gasteiger partial charge < -0.3 is 10.8 Å². The molecule has 3 N–H and O–H groups in total. The van der Waals surface area contributed by atoms with Crippen LogP contribution in [0.25, 0.3) is 0 Å². The number of aliphatic hydroxyl groups is 1. The first-order valence-electron chi connectivity index (χ1n) is 9.39. The molecule has 120 valence electrons. The number of hydrogen-bond acceptors (Lipinski definition) is 2. The first kappa shape index (κ1) is 14.5. The van der Waals surface area contributed by atoms with E-state index in [2.05, 4.69) is 13.8 Å². The second-order valence-electron chi connectivity index (χ2n) is 9.33. The van der Waals surface area contributed by atoms with E-state index in [0.29, 0.717) is 16.7 Å². The molecule has 0 saturated heterocycles. The lowest BCUT2D eigenvalue weighted by molar-refractivity contribution is -0.128. The Morgan fingerprint density at radius 3 is 2.48 bits per heavy atom. The largest absolute Gasteiger partial charge is 0.392 e. The minimum Gasteiger partial charge on any atom is -0.392 e. The molecule has 0 amide bonds. The molecule has 21 heavy (non-hydrogen) atoms. The molecule has 0 aliphatic heterocycles.